The smallest absolute Gasteiger partial charge is 0.237 e. The number of amides is 1. The Balaban J connectivity index is 0.00000210. The van der Waals surface area contributed by atoms with Crippen molar-refractivity contribution in [2.45, 2.75) is 50.6 Å². The van der Waals surface area contributed by atoms with Crippen LogP contribution >= 0.6 is 12.4 Å². The zero-order chi connectivity index (χ0) is 17.9. The second-order valence-electron chi connectivity index (χ2n) is 8.09. The van der Waals surface area contributed by atoms with E-state index < -0.39 is 0 Å². The summed E-state index contributed by atoms with van der Waals surface area (Å²) in [5.74, 6) is 0.772. The molecule has 1 N–H and O–H groups in total. The number of hydrogen-bond acceptors (Lipinski definition) is 3. The molecule has 2 aliphatic heterocycles. The minimum Gasteiger partial charge on any atom is -0.338 e. The Bertz CT molecular complexity index is 642. The Morgan fingerprint density at radius 1 is 1.15 bits per heavy atom. The first kappa shape index (κ1) is 20.6. The lowest BCUT2D eigenvalue weighted by Crippen LogP contribution is -2.55. The molecule has 1 amide bonds. The normalized spacial score (nSPS) is 28.9. The van der Waals surface area contributed by atoms with Crippen molar-refractivity contribution in [3.63, 3.8) is 0 Å². The fourth-order valence-corrected chi connectivity index (χ4v) is 5.18. The first-order chi connectivity index (χ1) is 12.7. The van der Waals surface area contributed by atoms with E-state index in [-0.39, 0.29) is 30.2 Å². The summed E-state index contributed by atoms with van der Waals surface area (Å²) >= 11 is 0. The van der Waals surface area contributed by atoms with E-state index in [2.05, 4.69) is 15.1 Å². The molecule has 1 aromatic carbocycles. The first-order valence-electron chi connectivity index (χ1n) is 10.2. The maximum Gasteiger partial charge on any atom is 0.237 e. The van der Waals surface area contributed by atoms with Gasteiger partial charge in [-0.3, -0.25) is 9.69 Å². The van der Waals surface area contributed by atoms with Crippen molar-refractivity contribution >= 4 is 18.3 Å². The van der Waals surface area contributed by atoms with Crippen LogP contribution in [0.15, 0.2) is 24.3 Å². The number of piperazine rings is 1. The number of nitrogens with one attached hydrogen (secondary N) is 1. The number of carbonyl (C=O) groups excluding carboxylic acids is 1. The third-order valence-electron chi connectivity index (χ3n) is 6.49. The first-order valence-corrected chi connectivity index (χ1v) is 10.2. The van der Waals surface area contributed by atoms with E-state index in [4.69, 9.17) is 0 Å². The zero-order valence-corrected chi connectivity index (χ0v) is 16.7. The van der Waals surface area contributed by atoms with Crippen LogP contribution in [0.2, 0.25) is 0 Å². The third-order valence-corrected chi connectivity index (χ3v) is 6.49. The molecule has 3 atom stereocenters. The number of carbonyl (C=O) groups is 1. The van der Waals surface area contributed by atoms with Crippen LogP contribution in [0.3, 0.4) is 0 Å². The largest absolute Gasteiger partial charge is 0.338 e. The molecule has 3 aliphatic rings. The van der Waals surface area contributed by atoms with Crippen LogP contribution in [-0.2, 0) is 4.79 Å². The van der Waals surface area contributed by atoms with Crippen molar-refractivity contribution in [1.29, 1.82) is 0 Å². The molecule has 2 heterocycles. The number of benzene rings is 1. The molecule has 150 valence electrons. The van der Waals surface area contributed by atoms with Crippen molar-refractivity contribution in [1.82, 2.24) is 15.1 Å². The van der Waals surface area contributed by atoms with Crippen LogP contribution in [0.1, 0.15) is 50.1 Å². The highest BCUT2D eigenvalue weighted by Crippen LogP contribution is 2.35. The van der Waals surface area contributed by atoms with Gasteiger partial charge in [-0.2, -0.15) is 0 Å². The van der Waals surface area contributed by atoms with Crippen molar-refractivity contribution in [2.24, 2.45) is 5.92 Å². The standard InChI is InChI=1S/C21H30FN3O.ClH/c22-18-8-3-6-17(13-18)20-14-23-10-12-24(20)15-21(26)25-11-4-7-16-5-1-2-9-19(16)25;/h3,6,8,13,16,19-20,23H,1-2,4-5,7,9-12,14-15H2;1H. The summed E-state index contributed by atoms with van der Waals surface area (Å²) in [6.45, 7) is 3.84. The van der Waals surface area contributed by atoms with Gasteiger partial charge in [-0.15, -0.1) is 12.4 Å². The number of rotatable bonds is 3. The zero-order valence-electron chi connectivity index (χ0n) is 15.9. The Hall–Kier alpha value is -1.17. The third kappa shape index (κ3) is 4.64. The average Bonchev–Trinajstić information content (AvgIpc) is 2.68. The van der Waals surface area contributed by atoms with Gasteiger partial charge in [0.15, 0.2) is 0 Å². The molecule has 0 spiro atoms. The quantitative estimate of drug-likeness (QED) is 0.852. The van der Waals surface area contributed by atoms with E-state index in [1.54, 1.807) is 12.1 Å². The van der Waals surface area contributed by atoms with Gasteiger partial charge in [0.2, 0.25) is 5.91 Å². The van der Waals surface area contributed by atoms with Crippen LogP contribution in [0.4, 0.5) is 4.39 Å². The fourth-order valence-electron chi connectivity index (χ4n) is 5.18. The van der Waals surface area contributed by atoms with Gasteiger partial charge in [-0.25, -0.2) is 4.39 Å². The number of nitrogens with zero attached hydrogens (tertiary/aromatic N) is 2. The number of fused-ring (bicyclic) bond motifs is 1. The summed E-state index contributed by atoms with van der Waals surface area (Å²) in [7, 11) is 0. The molecule has 3 fully saturated rings. The number of hydrogen-bond donors (Lipinski definition) is 1. The highest BCUT2D eigenvalue weighted by molar-refractivity contribution is 5.85. The molecule has 1 aromatic rings. The molecule has 4 rings (SSSR count). The predicted molar refractivity (Wildman–Crippen MR) is 108 cm³/mol. The van der Waals surface area contributed by atoms with E-state index in [1.807, 2.05) is 6.07 Å². The Labute approximate surface area is 167 Å². The predicted octanol–water partition coefficient (Wildman–Crippen LogP) is 3.38. The maximum atomic E-state index is 13.7. The lowest BCUT2D eigenvalue weighted by molar-refractivity contribution is -0.139. The number of halogens is 2. The molecule has 1 saturated carbocycles. The average molecular weight is 396 g/mol. The minimum absolute atomic E-state index is 0. The summed E-state index contributed by atoms with van der Waals surface area (Å²) in [6, 6.07) is 7.34. The molecular formula is C21H31ClFN3O. The molecule has 0 aromatic heterocycles. The second-order valence-corrected chi connectivity index (χ2v) is 8.09. The van der Waals surface area contributed by atoms with Gasteiger partial charge in [-0.05, 0) is 49.3 Å². The lowest BCUT2D eigenvalue weighted by atomic mass is 9.78. The molecular weight excluding hydrogens is 365 g/mol. The number of likely N-dealkylation sites (tertiary alicyclic amines) is 1. The number of piperidine rings is 1. The Kier molecular flexibility index (Phi) is 7.12. The van der Waals surface area contributed by atoms with Gasteiger partial charge in [0.05, 0.1) is 6.54 Å². The van der Waals surface area contributed by atoms with Crippen LogP contribution in [-0.4, -0.2) is 54.5 Å². The molecule has 0 bridgehead atoms. The van der Waals surface area contributed by atoms with E-state index in [9.17, 15) is 9.18 Å². The van der Waals surface area contributed by atoms with Gasteiger partial charge >= 0.3 is 0 Å². The van der Waals surface area contributed by atoms with Gasteiger partial charge in [0, 0.05) is 38.3 Å². The second kappa shape index (κ2) is 9.35. The van der Waals surface area contributed by atoms with E-state index in [0.717, 1.165) is 38.2 Å². The summed E-state index contributed by atoms with van der Waals surface area (Å²) in [6.07, 6.45) is 7.46. The molecule has 3 unspecified atom stereocenters. The maximum absolute atomic E-state index is 13.7. The molecule has 27 heavy (non-hydrogen) atoms. The van der Waals surface area contributed by atoms with Gasteiger partial charge in [0.1, 0.15) is 5.82 Å². The molecule has 2 saturated heterocycles. The minimum atomic E-state index is -0.208. The Morgan fingerprint density at radius 2 is 1.96 bits per heavy atom. The highest BCUT2D eigenvalue weighted by atomic mass is 35.5. The van der Waals surface area contributed by atoms with Crippen molar-refractivity contribution < 1.29 is 9.18 Å². The van der Waals surface area contributed by atoms with Crippen LogP contribution < -0.4 is 5.32 Å². The Morgan fingerprint density at radius 3 is 2.81 bits per heavy atom. The summed E-state index contributed by atoms with van der Waals surface area (Å²) in [4.78, 5) is 17.6. The van der Waals surface area contributed by atoms with E-state index >= 15 is 0 Å². The summed E-state index contributed by atoms with van der Waals surface area (Å²) in [5.41, 5.74) is 0.958. The SMILES string of the molecule is Cl.O=C(CN1CCNCC1c1cccc(F)c1)N1CCCC2CCCCC21. The monoisotopic (exact) mass is 395 g/mol. The molecule has 4 nitrogen and oxygen atoms in total. The van der Waals surface area contributed by atoms with E-state index in [0.29, 0.717) is 18.5 Å². The summed E-state index contributed by atoms with van der Waals surface area (Å²) in [5, 5.41) is 3.39. The van der Waals surface area contributed by atoms with Crippen LogP contribution in [0.25, 0.3) is 0 Å². The van der Waals surface area contributed by atoms with Crippen molar-refractivity contribution in [2.75, 3.05) is 32.7 Å². The van der Waals surface area contributed by atoms with Gasteiger partial charge in [-0.1, -0.05) is 25.0 Å². The van der Waals surface area contributed by atoms with Crippen molar-refractivity contribution in [3.8, 4) is 0 Å². The van der Waals surface area contributed by atoms with E-state index in [1.165, 1.54) is 38.2 Å². The van der Waals surface area contributed by atoms with Gasteiger partial charge < -0.3 is 10.2 Å². The topological polar surface area (TPSA) is 35.6 Å². The lowest BCUT2D eigenvalue weighted by Gasteiger charge is -2.45. The van der Waals surface area contributed by atoms with Crippen LogP contribution in [0.5, 0.6) is 0 Å². The highest BCUT2D eigenvalue weighted by Gasteiger charge is 2.37. The molecule has 1 aliphatic carbocycles. The molecule has 0 radical (unpaired) electrons. The van der Waals surface area contributed by atoms with Crippen LogP contribution in [0, 0.1) is 11.7 Å². The molecule has 6 heteroatoms. The fraction of sp³-hybridized carbons (Fsp3) is 0.667. The van der Waals surface area contributed by atoms with Crippen molar-refractivity contribution in [3.05, 3.63) is 35.6 Å². The van der Waals surface area contributed by atoms with Gasteiger partial charge in [0.25, 0.3) is 0 Å². The summed E-state index contributed by atoms with van der Waals surface area (Å²) < 4.78 is 13.7.